The maximum atomic E-state index is 11.7. The van der Waals surface area contributed by atoms with Gasteiger partial charge in [0, 0.05) is 17.5 Å². The first kappa shape index (κ1) is 13.7. The molecular weight excluding hydrogens is 272 g/mol. The number of hydrogen-bond acceptors (Lipinski definition) is 5. The van der Waals surface area contributed by atoms with Gasteiger partial charge in [0.05, 0.1) is 5.69 Å². The maximum Gasteiger partial charge on any atom is 0.301 e. The van der Waals surface area contributed by atoms with E-state index < -0.39 is 10.2 Å². The normalized spacial score (nSPS) is 17.7. The van der Waals surface area contributed by atoms with E-state index in [1.54, 1.807) is 0 Å². The number of aromatic nitrogens is 1. The van der Waals surface area contributed by atoms with E-state index in [1.807, 2.05) is 19.2 Å². The molecule has 6 nitrogen and oxygen atoms in total. The zero-order valence-corrected chi connectivity index (χ0v) is 12.1. The molecule has 0 aromatic carbocycles. The molecule has 1 unspecified atom stereocenters. The highest BCUT2D eigenvalue weighted by Crippen LogP contribution is 2.23. The molecule has 2 rings (SSSR count). The van der Waals surface area contributed by atoms with Crippen LogP contribution >= 0.6 is 11.3 Å². The molecule has 0 aliphatic heterocycles. The maximum absolute atomic E-state index is 11.7. The molecule has 0 spiro atoms. The van der Waals surface area contributed by atoms with Gasteiger partial charge in [-0.1, -0.05) is 6.92 Å². The van der Waals surface area contributed by atoms with Gasteiger partial charge in [-0.3, -0.25) is 0 Å². The Kier molecular flexibility index (Phi) is 4.21. The Labute approximate surface area is 111 Å². The van der Waals surface area contributed by atoms with Crippen molar-refractivity contribution in [3.8, 4) is 0 Å². The summed E-state index contributed by atoms with van der Waals surface area (Å²) >= 11 is 1.30. The van der Waals surface area contributed by atoms with Crippen LogP contribution in [0.4, 0.5) is 5.13 Å². The zero-order chi connectivity index (χ0) is 13.2. The van der Waals surface area contributed by atoms with Crippen molar-refractivity contribution < 1.29 is 8.42 Å². The number of nitrogens with one attached hydrogen (secondary N) is 3. The van der Waals surface area contributed by atoms with Gasteiger partial charge in [0.1, 0.15) is 0 Å². The summed E-state index contributed by atoms with van der Waals surface area (Å²) in [6.07, 6.45) is 1.84. The molecule has 8 heteroatoms. The van der Waals surface area contributed by atoms with Crippen LogP contribution in [0.1, 0.15) is 38.4 Å². The second-order valence-corrected chi connectivity index (χ2v) is 6.66. The van der Waals surface area contributed by atoms with Crippen molar-refractivity contribution in [2.45, 2.75) is 38.8 Å². The topological polar surface area (TPSA) is 83.1 Å². The average Bonchev–Trinajstić information content (AvgIpc) is 2.94. The summed E-state index contributed by atoms with van der Waals surface area (Å²) in [4.78, 5) is 4.27. The SMILES string of the molecule is CCNC(C)c1csc(NS(=O)(=O)NC2CC2)n1. The van der Waals surface area contributed by atoms with Gasteiger partial charge in [-0.25, -0.2) is 9.71 Å². The van der Waals surface area contributed by atoms with E-state index in [0.717, 1.165) is 25.1 Å². The van der Waals surface area contributed by atoms with Crippen molar-refractivity contribution in [3.63, 3.8) is 0 Å². The van der Waals surface area contributed by atoms with Gasteiger partial charge in [0.2, 0.25) is 0 Å². The number of hydrogen-bond donors (Lipinski definition) is 3. The molecule has 0 bridgehead atoms. The molecule has 1 aromatic rings. The van der Waals surface area contributed by atoms with Crippen LogP contribution in [0.2, 0.25) is 0 Å². The lowest BCUT2D eigenvalue weighted by atomic mass is 10.3. The lowest BCUT2D eigenvalue weighted by Gasteiger charge is -2.08. The summed E-state index contributed by atoms with van der Waals surface area (Å²) in [5, 5.41) is 5.50. The van der Waals surface area contributed by atoms with Gasteiger partial charge in [0.25, 0.3) is 0 Å². The van der Waals surface area contributed by atoms with E-state index in [9.17, 15) is 8.42 Å². The monoisotopic (exact) mass is 290 g/mol. The van der Waals surface area contributed by atoms with Crippen LogP contribution in [0.3, 0.4) is 0 Å². The highest BCUT2D eigenvalue weighted by molar-refractivity contribution is 7.91. The fourth-order valence-electron chi connectivity index (χ4n) is 1.51. The van der Waals surface area contributed by atoms with Crippen LogP contribution in [0, 0.1) is 0 Å². The highest BCUT2D eigenvalue weighted by Gasteiger charge is 2.27. The Balaban J connectivity index is 1.97. The summed E-state index contributed by atoms with van der Waals surface area (Å²) in [5.41, 5.74) is 0.853. The number of nitrogens with zero attached hydrogens (tertiary/aromatic N) is 1. The molecule has 1 heterocycles. The minimum atomic E-state index is -3.47. The largest absolute Gasteiger partial charge is 0.309 e. The molecule has 102 valence electrons. The minimum absolute atomic E-state index is 0.0996. The smallest absolute Gasteiger partial charge is 0.301 e. The fraction of sp³-hybridized carbons (Fsp3) is 0.700. The average molecular weight is 290 g/mol. The van der Waals surface area contributed by atoms with Crippen LogP contribution in [0.25, 0.3) is 0 Å². The van der Waals surface area contributed by atoms with E-state index in [2.05, 4.69) is 19.7 Å². The van der Waals surface area contributed by atoms with E-state index in [0.29, 0.717) is 5.13 Å². The van der Waals surface area contributed by atoms with Crippen molar-refractivity contribution >= 4 is 26.7 Å². The van der Waals surface area contributed by atoms with Crippen LogP contribution in [0.15, 0.2) is 5.38 Å². The summed E-state index contributed by atoms with van der Waals surface area (Å²) < 4.78 is 28.4. The van der Waals surface area contributed by atoms with Gasteiger partial charge in [-0.2, -0.15) is 13.1 Å². The third-order valence-electron chi connectivity index (χ3n) is 2.60. The van der Waals surface area contributed by atoms with Crippen LogP contribution in [-0.2, 0) is 10.2 Å². The van der Waals surface area contributed by atoms with Gasteiger partial charge in [-0.15, -0.1) is 11.3 Å². The van der Waals surface area contributed by atoms with Crippen molar-refractivity contribution in [2.75, 3.05) is 11.3 Å². The molecule has 0 saturated heterocycles. The predicted octanol–water partition coefficient (Wildman–Crippen LogP) is 1.22. The second-order valence-electron chi connectivity index (χ2n) is 4.35. The predicted molar refractivity (Wildman–Crippen MR) is 72.9 cm³/mol. The van der Waals surface area contributed by atoms with E-state index in [4.69, 9.17) is 0 Å². The fourth-order valence-corrected chi connectivity index (χ4v) is 3.69. The van der Waals surface area contributed by atoms with Crippen LogP contribution < -0.4 is 14.8 Å². The Bertz CT molecular complexity index is 496. The number of anilines is 1. The van der Waals surface area contributed by atoms with E-state index >= 15 is 0 Å². The minimum Gasteiger partial charge on any atom is -0.309 e. The van der Waals surface area contributed by atoms with Crippen molar-refractivity contribution in [2.24, 2.45) is 0 Å². The second kappa shape index (κ2) is 5.52. The zero-order valence-electron chi connectivity index (χ0n) is 10.4. The molecule has 0 radical (unpaired) electrons. The van der Waals surface area contributed by atoms with Gasteiger partial charge in [-0.05, 0) is 26.3 Å². The molecule has 1 saturated carbocycles. The van der Waals surface area contributed by atoms with Crippen LogP contribution in [-0.4, -0.2) is 26.0 Å². The number of thiazole rings is 1. The molecule has 3 N–H and O–H groups in total. The Morgan fingerprint density at radius 1 is 1.56 bits per heavy atom. The molecule has 0 amide bonds. The third-order valence-corrected chi connectivity index (χ3v) is 4.61. The Hall–Kier alpha value is -0.700. The van der Waals surface area contributed by atoms with Gasteiger partial charge in [0.15, 0.2) is 5.13 Å². The molecule has 1 aromatic heterocycles. The molecule has 1 fully saturated rings. The summed E-state index contributed by atoms with van der Waals surface area (Å²) in [6.45, 7) is 4.87. The number of rotatable bonds is 7. The summed E-state index contributed by atoms with van der Waals surface area (Å²) in [6, 6.07) is 0.225. The highest BCUT2D eigenvalue weighted by atomic mass is 32.2. The first-order chi connectivity index (χ1) is 8.50. The first-order valence-corrected chi connectivity index (χ1v) is 8.35. The Morgan fingerprint density at radius 3 is 2.89 bits per heavy atom. The lowest BCUT2D eigenvalue weighted by molar-refractivity contribution is 0.583. The van der Waals surface area contributed by atoms with Crippen LogP contribution in [0.5, 0.6) is 0 Å². The summed E-state index contributed by atoms with van der Waals surface area (Å²) in [7, 11) is -3.47. The van der Waals surface area contributed by atoms with Crippen molar-refractivity contribution in [1.82, 2.24) is 15.0 Å². The first-order valence-electron chi connectivity index (χ1n) is 5.99. The molecule has 1 aliphatic carbocycles. The molecular formula is C10H18N4O2S2. The molecule has 18 heavy (non-hydrogen) atoms. The lowest BCUT2D eigenvalue weighted by Crippen LogP contribution is -2.31. The quantitative estimate of drug-likeness (QED) is 0.705. The van der Waals surface area contributed by atoms with Gasteiger partial charge >= 0.3 is 10.2 Å². The molecule has 1 atom stereocenters. The van der Waals surface area contributed by atoms with Gasteiger partial charge < -0.3 is 5.32 Å². The van der Waals surface area contributed by atoms with E-state index in [1.165, 1.54) is 11.3 Å². The molecule has 1 aliphatic rings. The Morgan fingerprint density at radius 2 is 2.28 bits per heavy atom. The van der Waals surface area contributed by atoms with Crippen molar-refractivity contribution in [3.05, 3.63) is 11.1 Å². The third kappa shape index (κ3) is 3.91. The van der Waals surface area contributed by atoms with E-state index in [-0.39, 0.29) is 12.1 Å². The van der Waals surface area contributed by atoms with Crippen molar-refractivity contribution in [1.29, 1.82) is 0 Å². The summed E-state index contributed by atoms with van der Waals surface area (Å²) in [5.74, 6) is 0. The standard InChI is InChI=1S/C10H18N4O2S2/c1-3-11-7(2)9-6-17-10(12-9)14-18(15,16)13-8-4-5-8/h6-8,11,13H,3-5H2,1-2H3,(H,12,14).